The zero-order valence-electron chi connectivity index (χ0n) is 12.6. The Morgan fingerprint density at radius 3 is 2.75 bits per heavy atom. The number of nitrogens with one attached hydrogen (secondary N) is 1. The Labute approximate surface area is 120 Å². The molecule has 0 bridgehead atoms. The largest absolute Gasteiger partial charge is 0.381 e. The molecule has 3 rings (SSSR count). The first kappa shape index (κ1) is 14.3. The van der Waals surface area contributed by atoms with Crippen LogP contribution in [0.15, 0.2) is 0 Å². The highest BCUT2D eigenvalue weighted by molar-refractivity contribution is 5.89. The highest BCUT2D eigenvalue weighted by Crippen LogP contribution is 2.57. The molecule has 1 saturated heterocycles. The van der Waals surface area contributed by atoms with Crippen molar-refractivity contribution in [3.05, 3.63) is 0 Å². The molecular formula is C15H26N2O3. The first-order valence-electron chi connectivity index (χ1n) is 7.65. The number of ether oxygens (including phenoxy) is 2. The molecule has 0 aromatic carbocycles. The molecule has 1 aliphatic heterocycles. The van der Waals surface area contributed by atoms with Crippen LogP contribution in [0.25, 0.3) is 0 Å². The van der Waals surface area contributed by atoms with E-state index in [0.717, 1.165) is 32.3 Å². The van der Waals surface area contributed by atoms with Crippen LogP contribution >= 0.6 is 0 Å². The number of carbonyl (C=O) groups excluding carboxylic acids is 1. The van der Waals surface area contributed by atoms with Gasteiger partial charge in [0.25, 0.3) is 0 Å². The van der Waals surface area contributed by atoms with Crippen molar-refractivity contribution in [2.24, 2.45) is 17.1 Å². The molecule has 3 unspecified atom stereocenters. The summed E-state index contributed by atoms with van der Waals surface area (Å²) in [6.07, 6.45) is 4.18. The van der Waals surface area contributed by atoms with Crippen LogP contribution < -0.4 is 11.1 Å². The van der Waals surface area contributed by atoms with Gasteiger partial charge in [-0.1, -0.05) is 13.8 Å². The number of methoxy groups -OCH3 is 1. The Morgan fingerprint density at radius 1 is 1.40 bits per heavy atom. The average molecular weight is 282 g/mol. The number of fused-ring (bicyclic) bond motifs is 1. The fraction of sp³-hybridized carbons (Fsp3) is 0.933. The van der Waals surface area contributed by atoms with Crippen molar-refractivity contribution in [2.45, 2.75) is 63.3 Å². The summed E-state index contributed by atoms with van der Waals surface area (Å²) in [5, 5.41) is 3.11. The Morgan fingerprint density at radius 2 is 2.10 bits per heavy atom. The van der Waals surface area contributed by atoms with E-state index in [0.29, 0.717) is 0 Å². The van der Waals surface area contributed by atoms with E-state index >= 15 is 0 Å². The van der Waals surface area contributed by atoms with E-state index in [4.69, 9.17) is 15.2 Å². The summed E-state index contributed by atoms with van der Waals surface area (Å²) < 4.78 is 11.1. The predicted octanol–water partition coefficient (Wildman–Crippen LogP) is 0.813. The van der Waals surface area contributed by atoms with Crippen LogP contribution in [0.3, 0.4) is 0 Å². The van der Waals surface area contributed by atoms with Crippen LogP contribution in [0, 0.1) is 11.3 Å². The van der Waals surface area contributed by atoms with Gasteiger partial charge in [-0.25, -0.2) is 0 Å². The third-order valence-corrected chi connectivity index (χ3v) is 5.82. The number of hydrogen-bond donors (Lipinski definition) is 2. The summed E-state index contributed by atoms with van der Waals surface area (Å²) in [4.78, 5) is 12.7. The maximum Gasteiger partial charge on any atom is 0.241 e. The van der Waals surface area contributed by atoms with Crippen LogP contribution in [-0.4, -0.2) is 43.4 Å². The first-order chi connectivity index (χ1) is 9.41. The van der Waals surface area contributed by atoms with Crippen molar-refractivity contribution in [3.63, 3.8) is 0 Å². The Kier molecular flexibility index (Phi) is 3.35. The van der Waals surface area contributed by atoms with Gasteiger partial charge in [-0.2, -0.15) is 0 Å². The molecule has 1 heterocycles. The van der Waals surface area contributed by atoms with Crippen LogP contribution in [0.5, 0.6) is 0 Å². The average Bonchev–Trinajstić information content (AvgIpc) is 2.41. The van der Waals surface area contributed by atoms with Gasteiger partial charge in [0.15, 0.2) is 0 Å². The summed E-state index contributed by atoms with van der Waals surface area (Å²) in [7, 11) is 1.71. The molecule has 0 spiro atoms. The molecule has 0 radical (unpaired) electrons. The number of rotatable bonds is 3. The standard InChI is InChI=1S/C15H26N2O3/c1-14(2)12-11(5-4-6-20-12)15(14,16)13(18)17-9-7-10(8-9)19-3/h9-12H,4-8,16H2,1-3H3,(H,17,18). The highest BCUT2D eigenvalue weighted by atomic mass is 16.5. The molecule has 3 fully saturated rings. The predicted molar refractivity (Wildman–Crippen MR) is 75.1 cm³/mol. The van der Waals surface area contributed by atoms with Crippen molar-refractivity contribution >= 4 is 5.91 Å². The topological polar surface area (TPSA) is 73.6 Å². The Bertz CT molecular complexity index is 406. The number of hydrogen-bond acceptors (Lipinski definition) is 4. The summed E-state index contributed by atoms with van der Waals surface area (Å²) in [5.41, 5.74) is 5.46. The summed E-state index contributed by atoms with van der Waals surface area (Å²) in [5.74, 6) is 0.151. The smallest absolute Gasteiger partial charge is 0.241 e. The lowest BCUT2D eigenvalue weighted by Gasteiger charge is -2.65. The van der Waals surface area contributed by atoms with Crippen LogP contribution in [0.4, 0.5) is 0 Å². The molecule has 114 valence electrons. The molecule has 3 atom stereocenters. The highest BCUT2D eigenvalue weighted by Gasteiger charge is 2.70. The molecule has 5 nitrogen and oxygen atoms in total. The SMILES string of the molecule is COC1CC(NC(=O)C2(N)C3CCCOC3C2(C)C)C1. The zero-order chi connectivity index (χ0) is 14.5. The van der Waals surface area contributed by atoms with E-state index in [1.165, 1.54) is 0 Å². The van der Waals surface area contributed by atoms with Crippen molar-refractivity contribution < 1.29 is 14.3 Å². The lowest BCUT2D eigenvalue weighted by atomic mass is 9.46. The van der Waals surface area contributed by atoms with Crippen molar-refractivity contribution in [1.29, 1.82) is 0 Å². The summed E-state index contributed by atoms with van der Waals surface area (Å²) in [6, 6.07) is 0.215. The Hall–Kier alpha value is -0.650. The van der Waals surface area contributed by atoms with Crippen LogP contribution in [-0.2, 0) is 14.3 Å². The third kappa shape index (κ3) is 1.76. The molecule has 3 aliphatic rings. The monoisotopic (exact) mass is 282 g/mol. The minimum atomic E-state index is -0.795. The van der Waals surface area contributed by atoms with Gasteiger partial charge in [0.05, 0.1) is 12.2 Å². The van der Waals surface area contributed by atoms with Crippen molar-refractivity contribution in [1.82, 2.24) is 5.32 Å². The summed E-state index contributed by atoms with van der Waals surface area (Å²) >= 11 is 0. The molecule has 2 saturated carbocycles. The third-order valence-electron chi connectivity index (χ3n) is 5.82. The second-order valence-electron chi connectivity index (χ2n) is 7.13. The van der Waals surface area contributed by atoms with E-state index < -0.39 is 5.54 Å². The summed E-state index contributed by atoms with van der Waals surface area (Å²) in [6.45, 7) is 4.90. The fourth-order valence-corrected chi connectivity index (χ4v) is 4.22. The molecule has 20 heavy (non-hydrogen) atoms. The fourth-order valence-electron chi connectivity index (χ4n) is 4.22. The van der Waals surface area contributed by atoms with E-state index in [1.54, 1.807) is 7.11 Å². The Balaban J connectivity index is 1.67. The van der Waals surface area contributed by atoms with E-state index in [9.17, 15) is 4.79 Å². The molecule has 3 N–H and O–H groups in total. The van der Waals surface area contributed by atoms with Gasteiger partial charge in [-0.3, -0.25) is 4.79 Å². The van der Waals surface area contributed by atoms with Crippen molar-refractivity contribution in [2.75, 3.05) is 13.7 Å². The molecule has 1 amide bonds. The van der Waals surface area contributed by atoms with E-state index in [-0.39, 0.29) is 35.5 Å². The zero-order valence-corrected chi connectivity index (χ0v) is 12.6. The van der Waals surface area contributed by atoms with Crippen LogP contribution in [0.2, 0.25) is 0 Å². The molecule has 5 heteroatoms. The molecule has 0 aromatic heterocycles. The minimum Gasteiger partial charge on any atom is -0.381 e. The van der Waals surface area contributed by atoms with Gasteiger partial charge < -0.3 is 20.5 Å². The van der Waals surface area contributed by atoms with Gasteiger partial charge in [0.1, 0.15) is 5.54 Å². The molecular weight excluding hydrogens is 256 g/mol. The maximum absolute atomic E-state index is 12.7. The van der Waals surface area contributed by atoms with Gasteiger partial charge in [-0.15, -0.1) is 0 Å². The van der Waals surface area contributed by atoms with Gasteiger partial charge >= 0.3 is 0 Å². The second kappa shape index (κ2) is 4.68. The van der Waals surface area contributed by atoms with Gasteiger partial charge in [0, 0.05) is 31.1 Å². The number of carbonyl (C=O) groups is 1. The van der Waals surface area contributed by atoms with Crippen molar-refractivity contribution in [3.8, 4) is 0 Å². The molecule has 2 aliphatic carbocycles. The first-order valence-corrected chi connectivity index (χ1v) is 7.65. The minimum absolute atomic E-state index is 0.00574. The molecule has 0 aromatic rings. The maximum atomic E-state index is 12.7. The van der Waals surface area contributed by atoms with Crippen LogP contribution in [0.1, 0.15) is 39.5 Å². The van der Waals surface area contributed by atoms with Gasteiger partial charge in [0.2, 0.25) is 5.91 Å². The normalized spacial score (nSPS) is 45.8. The van der Waals surface area contributed by atoms with E-state index in [2.05, 4.69) is 19.2 Å². The van der Waals surface area contributed by atoms with Gasteiger partial charge in [-0.05, 0) is 25.7 Å². The lowest BCUT2D eigenvalue weighted by Crippen LogP contribution is -2.82. The quantitative estimate of drug-likeness (QED) is 0.803. The lowest BCUT2D eigenvalue weighted by molar-refractivity contribution is -0.225. The number of amides is 1. The second-order valence-corrected chi connectivity index (χ2v) is 7.13. The number of nitrogens with two attached hydrogens (primary N) is 1. The van der Waals surface area contributed by atoms with E-state index in [1.807, 2.05) is 0 Å².